The van der Waals surface area contributed by atoms with Gasteiger partial charge in [0.15, 0.2) is 11.9 Å². The molecule has 1 heterocycles. The Hall–Kier alpha value is -1.05. The van der Waals surface area contributed by atoms with E-state index in [-0.39, 0.29) is 0 Å². The maximum atomic E-state index is 9.52. The molecule has 0 unspecified atom stereocenters. The summed E-state index contributed by atoms with van der Waals surface area (Å²) in [7, 11) is 0. The first-order valence-electron chi connectivity index (χ1n) is 4.40. The Balaban J connectivity index is 3.19. The monoisotopic (exact) mass is 166 g/mol. The fourth-order valence-electron chi connectivity index (χ4n) is 1.29. The third-order valence-corrected chi connectivity index (χ3v) is 2.22. The van der Waals surface area contributed by atoms with Crippen molar-refractivity contribution < 1.29 is 9.67 Å². The van der Waals surface area contributed by atoms with Crippen LogP contribution in [0.15, 0.2) is 12.4 Å². The third kappa shape index (κ3) is 1.58. The molecule has 1 N–H and O–H groups in total. The van der Waals surface area contributed by atoms with Crippen LogP contribution >= 0.6 is 0 Å². The van der Waals surface area contributed by atoms with Crippen molar-refractivity contribution in [2.24, 2.45) is 0 Å². The largest absolute Gasteiger partial charge is 0.503 e. The molecule has 66 valence electrons. The Labute approximate surface area is 73.5 Å². The second-order valence-electron chi connectivity index (χ2n) is 2.98. The summed E-state index contributed by atoms with van der Waals surface area (Å²) in [6.45, 7) is 7.02. The lowest BCUT2D eigenvalue weighted by atomic mass is 10.1. The van der Waals surface area contributed by atoms with Gasteiger partial charge in [0.1, 0.15) is 6.54 Å². The second-order valence-corrected chi connectivity index (χ2v) is 2.98. The zero-order chi connectivity index (χ0) is 9.14. The van der Waals surface area contributed by atoms with Crippen molar-refractivity contribution in [2.45, 2.75) is 33.7 Å². The van der Waals surface area contributed by atoms with Crippen LogP contribution in [0.2, 0.25) is 0 Å². The van der Waals surface area contributed by atoms with Crippen LogP contribution < -0.4 is 4.57 Å². The van der Waals surface area contributed by atoms with Gasteiger partial charge in [-0.1, -0.05) is 6.92 Å². The lowest BCUT2D eigenvalue weighted by molar-refractivity contribution is -0.694. The summed E-state index contributed by atoms with van der Waals surface area (Å²) in [5, 5.41) is 9.52. The molecule has 0 aliphatic carbocycles. The highest BCUT2D eigenvalue weighted by Crippen LogP contribution is 2.16. The highest BCUT2D eigenvalue weighted by Gasteiger charge is 2.08. The van der Waals surface area contributed by atoms with Crippen molar-refractivity contribution in [1.29, 1.82) is 0 Å². The first kappa shape index (κ1) is 9.04. The van der Waals surface area contributed by atoms with Crippen LogP contribution in [0.5, 0.6) is 5.75 Å². The first-order valence-corrected chi connectivity index (χ1v) is 4.40. The van der Waals surface area contributed by atoms with Gasteiger partial charge in [-0.3, -0.25) is 0 Å². The van der Waals surface area contributed by atoms with Crippen LogP contribution in [0.4, 0.5) is 0 Å². The van der Waals surface area contributed by atoms with E-state index in [1.807, 2.05) is 11.5 Å². The van der Waals surface area contributed by atoms with Crippen molar-refractivity contribution in [2.75, 3.05) is 0 Å². The van der Waals surface area contributed by atoms with Gasteiger partial charge in [-0.25, -0.2) is 4.57 Å². The summed E-state index contributed by atoms with van der Waals surface area (Å²) in [4.78, 5) is 0. The number of hydrogen-bond acceptors (Lipinski definition) is 1. The number of aryl methyl sites for hydroxylation is 2. The minimum absolute atomic E-state index is 0.399. The minimum Gasteiger partial charge on any atom is -0.503 e. The number of pyridine rings is 1. The van der Waals surface area contributed by atoms with Crippen molar-refractivity contribution in [3.8, 4) is 5.75 Å². The minimum atomic E-state index is 0.399. The molecular formula is C10H16NO+. The maximum absolute atomic E-state index is 9.52. The third-order valence-electron chi connectivity index (χ3n) is 2.22. The van der Waals surface area contributed by atoms with Crippen molar-refractivity contribution in [1.82, 2.24) is 0 Å². The van der Waals surface area contributed by atoms with E-state index in [9.17, 15) is 5.11 Å². The Morgan fingerprint density at radius 3 is 2.50 bits per heavy atom. The van der Waals surface area contributed by atoms with E-state index in [1.54, 1.807) is 6.20 Å². The van der Waals surface area contributed by atoms with Crippen molar-refractivity contribution in [3.63, 3.8) is 0 Å². The van der Waals surface area contributed by atoms with Crippen LogP contribution in [-0.2, 0) is 13.0 Å². The normalized spacial score (nSPS) is 10.2. The molecule has 0 saturated heterocycles. The lowest BCUT2D eigenvalue weighted by Gasteiger charge is -2.03. The second kappa shape index (κ2) is 3.57. The average Bonchev–Trinajstić information content (AvgIpc) is 2.09. The molecule has 0 amide bonds. The summed E-state index contributed by atoms with van der Waals surface area (Å²) in [6.07, 6.45) is 4.84. The van der Waals surface area contributed by atoms with Gasteiger partial charge in [0, 0.05) is 11.1 Å². The Morgan fingerprint density at radius 1 is 1.33 bits per heavy atom. The zero-order valence-corrected chi connectivity index (χ0v) is 7.96. The summed E-state index contributed by atoms with van der Waals surface area (Å²) in [5.74, 6) is 0.399. The number of aromatic nitrogens is 1. The van der Waals surface area contributed by atoms with Crippen molar-refractivity contribution >= 4 is 0 Å². The molecule has 1 aromatic heterocycles. The Morgan fingerprint density at radius 2 is 2.00 bits per heavy atom. The van der Waals surface area contributed by atoms with E-state index in [0.29, 0.717) is 5.75 Å². The molecule has 0 saturated carbocycles. The molecular weight excluding hydrogens is 150 g/mol. The van der Waals surface area contributed by atoms with Crippen LogP contribution in [-0.4, -0.2) is 5.11 Å². The van der Waals surface area contributed by atoms with E-state index in [2.05, 4.69) is 20.0 Å². The number of hydrogen-bond donors (Lipinski definition) is 1. The topological polar surface area (TPSA) is 24.1 Å². The summed E-state index contributed by atoms with van der Waals surface area (Å²) in [6, 6.07) is 0. The molecule has 0 radical (unpaired) electrons. The zero-order valence-electron chi connectivity index (χ0n) is 7.96. The number of aromatic hydroxyl groups is 1. The van der Waals surface area contributed by atoms with E-state index in [4.69, 9.17) is 0 Å². The van der Waals surface area contributed by atoms with Gasteiger partial charge in [0.2, 0.25) is 6.20 Å². The van der Waals surface area contributed by atoms with Crippen LogP contribution in [0.25, 0.3) is 0 Å². The smallest absolute Gasteiger partial charge is 0.211 e. The van der Waals surface area contributed by atoms with Gasteiger partial charge in [-0.15, -0.1) is 0 Å². The quantitative estimate of drug-likeness (QED) is 0.662. The van der Waals surface area contributed by atoms with Gasteiger partial charge >= 0.3 is 0 Å². The van der Waals surface area contributed by atoms with Crippen LogP contribution in [0.3, 0.4) is 0 Å². The molecule has 0 aromatic carbocycles. The predicted molar refractivity (Wildman–Crippen MR) is 48.1 cm³/mol. The van der Waals surface area contributed by atoms with E-state index in [0.717, 1.165) is 18.5 Å². The molecule has 0 fully saturated rings. The number of nitrogens with zero attached hydrogens (tertiary/aromatic N) is 1. The average molecular weight is 166 g/mol. The fraction of sp³-hybridized carbons (Fsp3) is 0.500. The fourth-order valence-corrected chi connectivity index (χ4v) is 1.29. The molecule has 0 aliphatic heterocycles. The molecule has 2 nitrogen and oxygen atoms in total. The van der Waals surface area contributed by atoms with Gasteiger partial charge in [0.05, 0.1) is 0 Å². The standard InChI is InChI=1S/C10H15NO/c1-4-9-6-11(5-2)7-10(12)8(9)3/h6-7H,4-5H2,1-3H3/p+1. The van der Waals surface area contributed by atoms with E-state index < -0.39 is 0 Å². The molecule has 0 spiro atoms. The Bertz CT molecular complexity index is 281. The predicted octanol–water partition coefficient (Wildman–Crippen LogP) is 1.57. The molecule has 1 rings (SSSR count). The first-order chi connectivity index (χ1) is 5.69. The van der Waals surface area contributed by atoms with Crippen LogP contribution in [0, 0.1) is 6.92 Å². The van der Waals surface area contributed by atoms with Crippen LogP contribution in [0.1, 0.15) is 25.0 Å². The summed E-state index contributed by atoms with van der Waals surface area (Å²) >= 11 is 0. The highest BCUT2D eigenvalue weighted by molar-refractivity contribution is 5.32. The van der Waals surface area contributed by atoms with E-state index in [1.165, 1.54) is 5.56 Å². The highest BCUT2D eigenvalue weighted by atomic mass is 16.3. The molecule has 12 heavy (non-hydrogen) atoms. The van der Waals surface area contributed by atoms with E-state index >= 15 is 0 Å². The van der Waals surface area contributed by atoms with Gasteiger partial charge in [0.25, 0.3) is 0 Å². The lowest BCUT2D eigenvalue weighted by Crippen LogP contribution is -2.32. The molecule has 1 aromatic rings. The number of rotatable bonds is 2. The molecule has 0 atom stereocenters. The molecule has 2 heteroatoms. The SMILES string of the molecule is CCc1c[n+](CC)cc(O)c1C. The van der Waals surface area contributed by atoms with Crippen molar-refractivity contribution in [3.05, 3.63) is 23.5 Å². The van der Waals surface area contributed by atoms with Gasteiger partial charge in [-0.2, -0.15) is 0 Å². The maximum Gasteiger partial charge on any atom is 0.211 e. The van der Waals surface area contributed by atoms with Gasteiger partial charge < -0.3 is 5.11 Å². The summed E-state index contributed by atoms with van der Waals surface area (Å²) < 4.78 is 2.00. The molecule has 0 aliphatic rings. The Kier molecular flexibility index (Phi) is 2.69. The summed E-state index contributed by atoms with van der Waals surface area (Å²) in [5.41, 5.74) is 2.22. The van der Waals surface area contributed by atoms with Gasteiger partial charge in [-0.05, 0) is 20.3 Å². The molecule has 0 bridgehead atoms.